The van der Waals surface area contributed by atoms with Crippen LogP contribution in [0.4, 0.5) is 0 Å². The van der Waals surface area contributed by atoms with Crippen molar-refractivity contribution in [2.45, 2.75) is 71.8 Å². The molecule has 2 atom stereocenters. The number of amides is 1. The van der Waals surface area contributed by atoms with Crippen molar-refractivity contribution >= 4 is 46.3 Å². The van der Waals surface area contributed by atoms with Gasteiger partial charge in [-0.25, -0.2) is 4.79 Å². The Hall–Kier alpha value is -1.86. The number of carboxylic acid groups (broad SMARTS) is 1. The molecule has 7 heteroatoms. The minimum absolute atomic E-state index is 0.192. The maximum atomic E-state index is 12.9. The molecule has 0 unspecified atom stereocenters. The number of carbonyl (C=O) groups excluding carboxylic acids is 1. The zero-order valence-electron chi connectivity index (χ0n) is 18.6. The van der Waals surface area contributed by atoms with Crippen LogP contribution in [0.25, 0.3) is 6.08 Å². The van der Waals surface area contributed by atoms with Gasteiger partial charge in [0.25, 0.3) is 5.91 Å². The van der Waals surface area contributed by atoms with Crippen LogP contribution in [0.5, 0.6) is 5.75 Å². The molecule has 0 bridgehead atoms. The summed E-state index contributed by atoms with van der Waals surface area (Å²) in [5.74, 6) is -0.756. The molecule has 1 aliphatic heterocycles. The molecule has 31 heavy (non-hydrogen) atoms. The van der Waals surface area contributed by atoms with E-state index in [0.29, 0.717) is 22.3 Å². The average molecular weight is 464 g/mol. The van der Waals surface area contributed by atoms with Crippen molar-refractivity contribution < 1.29 is 19.4 Å². The highest BCUT2D eigenvalue weighted by Gasteiger charge is 2.42. The Morgan fingerprint density at radius 3 is 2.42 bits per heavy atom. The molecule has 2 rings (SSSR count). The van der Waals surface area contributed by atoms with E-state index in [4.69, 9.17) is 17.0 Å². The lowest BCUT2D eigenvalue weighted by molar-refractivity contribution is -0.147. The van der Waals surface area contributed by atoms with Gasteiger partial charge in [-0.05, 0) is 36.1 Å². The second-order valence-electron chi connectivity index (χ2n) is 7.91. The number of thiocarbonyl (C=S) groups is 1. The van der Waals surface area contributed by atoms with Crippen molar-refractivity contribution in [3.05, 3.63) is 34.7 Å². The first-order chi connectivity index (χ1) is 14.9. The van der Waals surface area contributed by atoms with E-state index < -0.39 is 12.0 Å². The summed E-state index contributed by atoms with van der Waals surface area (Å²) < 4.78 is 6.10. The van der Waals surface area contributed by atoms with Crippen molar-refractivity contribution in [1.82, 2.24) is 4.90 Å². The molecule has 0 aliphatic carbocycles. The maximum absolute atomic E-state index is 12.9. The van der Waals surface area contributed by atoms with E-state index in [1.54, 1.807) is 6.08 Å². The molecule has 0 aromatic heterocycles. The third-order valence-corrected chi connectivity index (χ3v) is 6.81. The van der Waals surface area contributed by atoms with Crippen LogP contribution in [0.15, 0.2) is 29.2 Å². The van der Waals surface area contributed by atoms with Gasteiger partial charge in [0, 0.05) is 0 Å². The Kier molecular flexibility index (Phi) is 10.5. The second-order valence-corrected chi connectivity index (χ2v) is 9.58. The molecule has 1 saturated heterocycles. The minimum atomic E-state index is -1.03. The predicted octanol–water partition coefficient (Wildman–Crippen LogP) is 6.13. The highest BCUT2D eigenvalue weighted by molar-refractivity contribution is 8.26. The Balaban J connectivity index is 1.95. The third kappa shape index (κ3) is 7.35. The quantitative estimate of drug-likeness (QED) is 0.216. The van der Waals surface area contributed by atoms with Crippen molar-refractivity contribution in [1.29, 1.82) is 0 Å². The van der Waals surface area contributed by atoms with Gasteiger partial charge in [-0.3, -0.25) is 9.69 Å². The monoisotopic (exact) mass is 463 g/mol. The van der Waals surface area contributed by atoms with Gasteiger partial charge in [-0.2, -0.15) is 0 Å². The van der Waals surface area contributed by atoms with Crippen LogP contribution in [0.3, 0.4) is 0 Å². The molecule has 1 aromatic rings. The molecule has 0 radical (unpaired) electrons. The molecule has 1 heterocycles. The van der Waals surface area contributed by atoms with E-state index in [1.165, 1.54) is 37.0 Å². The fourth-order valence-electron chi connectivity index (χ4n) is 3.44. The van der Waals surface area contributed by atoms with Crippen LogP contribution in [0.2, 0.25) is 0 Å². The highest BCUT2D eigenvalue weighted by Crippen LogP contribution is 2.36. The molecule has 170 valence electrons. The highest BCUT2D eigenvalue weighted by atomic mass is 32.2. The minimum Gasteiger partial charge on any atom is -0.494 e. The molecular weight excluding hydrogens is 430 g/mol. The van der Waals surface area contributed by atoms with Crippen LogP contribution >= 0.6 is 24.0 Å². The number of nitrogens with zero attached hydrogens (tertiary/aromatic N) is 1. The van der Waals surface area contributed by atoms with Gasteiger partial charge in [0.05, 0.1) is 11.5 Å². The van der Waals surface area contributed by atoms with E-state index in [2.05, 4.69) is 6.92 Å². The molecule has 1 fully saturated rings. The zero-order valence-corrected chi connectivity index (χ0v) is 20.3. The standard InChI is InChI=1S/C24H33NO4S2/c1-4-6-7-8-9-10-15-29-19-13-11-18(12-14-19)16-20-22(26)25(24(30)31-20)21(23(27)28)17(3)5-2/h11-14,16-17,21H,4-10,15H2,1-3H3,(H,27,28)/b20-16+/t17-,21+/m1/s1. The fraction of sp³-hybridized carbons (Fsp3) is 0.542. The topological polar surface area (TPSA) is 66.8 Å². The van der Waals surface area contributed by atoms with Gasteiger partial charge in [0.15, 0.2) is 0 Å². The molecule has 0 spiro atoms. The van der Waals surface area contributed by atoms with Crippen LogP contribution in [-0.4, -0.2) is 38.9 Å². The van der Waals surface area contributed by atoms with Gasteiger partial charge >= 0.3 is 5.97 Å². The number of carbonyl (C=O) groups is 2. The Morgan fingerprint density at radius 1 is 1.16 bits per heavy atom. The SMILES string of the molecule is CCCCCCCCOc1ccc(/C=C2/SC(=S)N([C@H](C(=O)O)[C@H](C)CC)C2=O)cc1. The smallest absolute Gasteiger partial charge is 0.327 e. The summed E-state index contributed by atoms with van der Waals surface area (Å²) in [5, 5.41) is 9.62. The molecule has 5 nitrogen and oxygen atoms in total. The fourth-order valence-corrected chi connectivity index (χ4v) is 4.76. The largest absolute Gasteiger partial charge is 0.494 e. The van der Waals surface area contributed by atoms with E-state index in [1.807, 2.05) is 38.1 Å². The van der Waals surface area contributed by atoms with Crippen LogP contribution < -0.4 is 4.74 Å². The van der Waals surface area contributed by atoms with Gasteiger partial charge in [-0.1, -0.05) is 95.4 Å². The summed E-state index contributed by atoms with van der Waals surface area (Å²) >= 11 is 6.48. The van der Waals surface area contributed by atoms with Crippen LogP contribution in [0, 0.1) is 5.92 Å². The summed E-state index contributed by atoms with van der Waals surface area (Å²) in [7, 11) is 0. The molecule has 1 aliphatic rings. The van der Waals surface area contributed by atoms with Crippen molar-refractivity contribution in [3.63, 3.8) is 0 Å². The lowest BCUT2D eigenvalue weighted by Gasteiger charge is -2.27. The van der Waals surface area contributed by atoms with E-state index in [9.17, 15) is 14.7 Å². The predicted molar refractivity (Wildman–Crippen MR) is 131 cm³/mol. The van der Waals surface area contributed by atoms with Crippen molar-refractivity contribution in [3.8, 4) is 5.75 Å². The Labute approximate surface area is 195 Å². The normalized spacial score (nSPS) is 17.3. The lowest BCUT2D eigenvalue weighted by Crippen LogP contribution is -2.47. The number of thioether (sulfide) groups is 1. The molecule has 1 N–H and O–H groups in total. The van der Waals surface area contributed by atoms with Gasteiger partial charge in [0.1, 0.15) is 16.1 Å². The first-order valence-electron chi connectivity index (χ1n) is 11.1. The summed E-state index contributed by atoms with van der Waals surface area (Å²) in [4.78, 5) is 26.3. The lowest BCUT2D eigenvalue weighted by atomic mass is 9.98. The molecular formula is C24H33NO4S2. The Bertz CT molecular complexity index is 791. The third-order valence-electron chi connectivity index (χ3n) is 5.48. The maximum Gasteiger partial charge on any atom is 0.327 e. The van der Waals surface area contributed by atoms with Gasteiger partial charge < -0.3 is 9.84 Å². The zero-order chi connectivity index (χ0) is 22.8. The van der Waals surface area contributed by atoms with Crippen molar-refractivity contribution in [2.75, 3.05) is 6.61 Å². The summed E-state index contributed by atoms with van der Waals surface area (Å²) in [6.45, 7) is 6.65. The number of unbranched alkanes of at least 4 members (excludes halogenated alkanes) is 5. The number of rotatable bonds is 13. The number of aliphatic carboxylic acids is 1. The van der Waals surface area contributed by atoms with Crippen molar-refractivity contribution in [2.24, 2.45) is 5.92 Å². The average Bonchev–Trinajstić information content (AvgIpc) is 3.01. The molecule has 0 saturated carbocycles. The number of hydrogen-bond donors (Lipinski definition) is 1. The van der Waals surface area contributed by atoms with Gasteiger partial charge in [0.2, 0.25) is 0 Å². The Morgan fingerprint density at radius 2 is 1.81 bits per heavy atom. The van der Waals surface area contributed by atoms with E-state index >= 15 is 0 Å². The summed E-state index contributed by atoms with van der Waals surface area (Å²) in [5.41, 5.74) is 0.850. The van der Waals surface area contributed by atoms with Crippen LogP contribution in [0.1, 0.15) is 71.3 Å². The number of carboxylic acids is 1. The first-order valence-corrected chi connectivity index (χ1v) is 12.3. The summed E-state index contributed by atoms with van der Waals surface area (Å²) in [6.07, 6.45) is 9.75. The molecule has 1 amide bonds. The van der Waals surface area contributed by atoms with Gasteiger partial charge in [-0.15, -0.1) is 0 Å². The van der Waals surface area contributed by atoms with E-state index in [-0.39, 0.29) is 11.8 Å². The second kappa shape index (κ2) is 12.9. The number of benzene rings is 1. The number of ether oxygens (including phenoxy) is 1. The summed E-state index contributed by atoms with van der Waals surface area (Å²) in [6, 6.07) is 6.63. The van der Waals surface area contributed by atoms with Crippen LogP contribution in [-0.2, 0) is 9.59 Å². The first kappa shape index (κ1) is 25.4. The molecule has 1 aromatic carbocycles. The number of hydrogen-bond acceptors (Lipinski definition) is 5. The van der Waals surface area contributed by atoms with E-state index in [0.717, 1.165) is 29.5 Å².